The van der Waals surface area contributed by atoms with Gasteiger partial charge < -0.3 is 0 Å². The first-order chi connectivity index (χ1) is 6.21. The predicted molar refractivity (Wildman–Crippen MR) is 37.2 cm³/mol. The van der Waals surface area contributed by atoms with E-state index in [1.807, 2.05) is 0 Å². The number of aliphatic carboxylic acids is 3. The van der Waals surface area contributed by atoms with Crippen LogP contribution in [0.2, 0.25) is 0 Å². The third-order valence-electron chi connectivity index (χ3n) is 1.17. The summed E-state index contributed by atoms with van der Waals surface area (Å²) in [5.74, 6) is -5.59. The molecule has 0 heterocycles. The Bertz CT molecular complexity index is 309. The molecule has 8 heteroatoms. The van der Waals surface area contributed by atoms with Gasteiger partial charge in [0.1, 0.15) is 0 Å². The Kier molecular flexibility index (Phi) is 3.81. The molecule has 0 rings (SSSR count). The van der Waals surface area contributed by atoms with E-state index in [2.05, 4.69) is 15.6 Å². The van der Waals surface area contributed by atoms with Crippen molar-refractivity contribution in [3.05, 3.63) is 6.42 Å². The molecule has 0 bridgehead atoms. The number of rotatable bonds is 5. The fourth-order valence-electron chi connectivity index (χ4n) is 0.556. The van der Waals surface area contributed by atoms with Gasteiger partial charge in [0.15, 0.2) is 0 Å². The predicted octanol–water partition coefficient (Wildman–Crippen LogP) is -2.11. The Balaban J connectivity index is 5.10. The van der Waals surface area contributed by atoms with E-state index in [0.717, 1.165) is 0 Å². The van der Waals surface area contributed by atoms with Crippen molar-refractivity contribution >= 4 is 22.3 Å². The Morgan fingerprint density at radius 3 is 1.79 bits per heavy atom. The molecule has 0 radical (unpaired) electrons. The molecule has 0 saturated carbocycles. The van der Waals surface area contributed by atoms with Gasteiger partial charge in [0.2, 0.25) is 0 Å². The van der Waals surface area contributed by atoms with E-state index < -0.39 is 27.9 Å². The number of hydrogen-bond acceptors (Lipinski definition) is 4. The van der Waals surface area contributed by atoms with Gasteiger partial charge >= 0.3 is 84.7 Å². The zero-order chi connectivity index (χ0) is 11.5. The molecule has 0 aliphatic heterocycles. The van der Waals surface area contributed by atoms with Crippen molar-refractivity contribution in [1.82, 2.24) is 0 Å². The van der Waals surface area contributed by atoms with E-state index in [0.29, 0.717) is 0 Å². The van der Waals surface area contributed by atoms with Gasteiger partial charge in [-0.3, -0.25) is 0 Å². The van der Waals surface area contributed by atoms with E-state index in [9.17, 15) is 19.5 Å². The minimum absolute atomic E-state index is 0.0637. The van der Waals surface area contributed by atoms with Gasteiger partial charge in [-0.1, -0.05) is 0 Å². The third kappa shape index (κ3) is 2.56. The maximum absolute atomic E-state index is 10.4. The molecule has 0 fully saturated rings. The summed E-state index contributed by atoms with van der Waals surface area (Å²) in [6.45, 7) is 0. The zero-order valence-corrected chi connectivity index (χ0v) is 7.55. The molecule has 0 aromatic carbocycles. The molecule has 7 nitrogen and oxygen atoms in total. The van der Waals surface area contributed by atoms with Crippen LogP contribution in [0.25, 0.3) is 0 Å². The molecule has 0 saturated heterocycles. The van der Waals surface area contributed by atoms with Crippen LogP contribution < -0.4 is 0 Å². The van der Waals surface area contributed by atoms with Crippen LogP contribution >= 0.6 is 0 Å². The number of carboxylic acid groups (broad SMARTS) is 3. The fraction of sp³-hybridized carbons (Fsp3) is 0.167. The molecule has 0 aliphatic carbocycles. The first-order valence-electron chi connectivity index (χ1n) is 3.01. The number of aliphatic hydroxyl groups is 1. The van der Waals surface area contributed by atoms with Crippen LogP contribution in [0.1, 0.15) is 0 Å². The summed E-state index contributed by atoms with van der Waals surface area (Å²) in [6, 6.07) is 0. The van der Waals surface area contributed by atoms with Crippen LogP contribution in [0, 0.1) is 6.42 Å². The molecule has 0 amide bonds. The molecule has 4 N–H and O–H groups in total. The van der Waals surface area contributed by atoms with Gasteiger partial charge in [-0.25, -0.2) is 0 Å². The monoisotopic (exact) mass is 245 g/mol. The maximum atomic E-state index is 10.4. The van der Waals surface area contributed by atoms with Crippen molar-refractivity contribution in [2.24, 2.45) is 0 Å². The molecule has 14 heavy (non-hydrogen) atoms. The summed E-state index contributed by atoms with van der Waals surface area (Å²) in [6.07, 6.45) is -0.0637. The van der Waals surface area contributed by atoms with Crippen LogP contribution in [-0.4, -0.2) is 48.4 Å². The van der Waals surface area contributed by atoms with Crippen molar-refractivity contribution < 1.29 is 50.4 Å². The molecule has 0 aromatic heterocycles. The van der Waals surface area contributed by atoms with E-state index in [4.69, 9.17) is 15.3 Å². The molecular formula is C6H5FeO7. The summed E-state index contributed by atoms with van der Waals surface area (Å²) < 4.78 is -1.15. The molecule has 0 aromatic rings. The second-order valence-electron chi connectivity index (χ2n) is 2.16. The van der Waals surface area contributed by atoms with E-state index in [-0.39, 0.29) is 6.42 Å². The average molecular weight is 245 g/mol. The molecule has 79 valence electrons. The first-order valence-corrected chi connectivity index (χ1v) is 3.56. The van der Waals surface area contributed by atoms with Crippen molar-refractivity contribution in [3.63, 3.8) is 0 Å². The standard InChI is InChI=1S/C6H5O7.Fe/c7-3(8)1-6(13,5(11)12)2-4(9)10;/h1,13H,(H,7,8)(H,9,10)(H,11,12);/q-1;+1. The SMILES string of the molecule is O=C(O)[CH-]C(O)(C(=O)O)[C](=[Fe+])C(=O)O. The van der Waals surface area contributed by atoms with Gasteiger partial charge in [0.05, 0.1) is 0 Å². The van der Waals surface area contributed by atoms with Crippen molar-refractivity contribution in [2.75, 3.05) is 0 Å². The summed E-state index contributed by atoms with van der Waals surface area (Å²) in [5.41, 5.74) is -3.10. The Hall–Kier alpha value is -1.37. The van der Waals surface area contributed by atoms with Gasteiger partial charge in [-0.05, 0) is 0 Å². The second kappa shape index (κ2) is 4.23. The van der Waals surface area contributed by atoms with Gasteiger partial charge in [-0.15, -0.1) is 0 Å². The second-order valence-corrected chi connectivity index (χ2v) is 2.71. The first kappa shape index (κ1) is 12.6. The molecular weight excluding hydrogens is 240 g/mol. The van der Waals surface area contributed by atoms with Crippen LogP contribution in [0.4, 0.5) is 0 Å². The zero-order valence-electron chi connectivity index (χ0n) is 6.44. The summed E-state index contributed by atoms with van der Waals surface area (Å²) >= 11 is 2.78. The molecule has 1 atom stereocenters. The van der Waals surface area contributed by atoms with Crippen LogP contribution in [0.5, 0.6) is 0 Å². The number of hydrogen-bond donors (Lipinski definition) is 4. The van der Waals surface area contributed by atoms with E-state index in [1.54, 1.807) is 0 Å². The van der Waals surface area contributed by atoms with Gasteiger partial charge in [-0.2, -0.15) is 0 Å². The van der Waals surface area contributed by atoms with E-state index in [1.165, 1.54) is 0 Å². The fourth-order valence-corrected chi connectivity index (χ4v) is 0.754. The molecule has 0 spiro atoms. The van der Waals surface area contributed by atoms with Crippen LogP contribution in [0.15, 0.2) is 0 Å². The summed E-state index contributed by atoms with van der Waals surface area (Å²) in [4.78, 5) is 30.9. The summed E-state index contributed by atoms with van der Waals surface area (Å²) in [5, 5.41) is 34.2. The third-order valence-corrected chi connectivity index (χ3v) is 1.82. The molecule has 1 unspecified atom stereocenters. The Labute approximate surface area is 85.3 Å². The topological polar surface area (TPSA) is 132 Å². The van der Waals surface area contributed by atoms with Gasteiger partial charge in [0.25, 0.3) is 0 Å². The Morgan fingerprint density at radius 2 is 1.57 bits per heavy atom. The quantitative estimate of drug-likeness (QED) is 0.322. The van der Waals surface area contributed by atoms with Crippen molar-refractivity contribution in [2.45, 2.75) is 5.60 Å². The normalized spacial score (nSPS) is 13.8. The van der Waals surface area contributed by atoms with Crippen molar-refractivity contribution in [3.8, 4) is 0 Å². The average Bonchev–Trinajstić information content (AvgIpc) is 2.00. The van der Waals surface area contributed by atoms with E-state index >= 15 is 0 Å². The minimum atomic E-state index is -3.10. The van der Waals surface area contributed by atoms with Gasteiger partial charge in [0, 0.05) is 0 Å². The van der Waals surface area contributed by atoms with Crippen molar-refractivity contribution in [1.29, 1.82) is 0 Å². The van der Waals surface area contributed by atoms with Crippen LogP contribution in [0.3, 0.4) is 0 Å². The number of carbonyl (C=O) groups is 3. The number of carboxylic acids is 3. The molecule has 0 aliphatic rings. The Morgan fingerprint density at radius 1 is 1.14 bits per heavy atom. The summed E-state index contributed by atoms with van der Waals surface area (Å²) in [7, 11) is 0. The van der Waals surface area contributed by atoms with Crippen LogP contribution in [-0.2, 0) is 30.0 Å².